The lowest BCUT2D eigenvalue weighted by atomic mass is 9.75. The van der Waals surface area contributed by atoms with E-state index in [9.17, 15) is 9.59 Å². The van der Waals surface area contributed by atoms with Gasteiger partial charge in [-0.05, 0) is 26.9 Å². The average Bonchev–Trinajstić information content (AvgIpc) is 2.18. The van der Waals surface area contributed by atoms with E-state index in [0.29, 0.717) is 12.8 Å². The van der Waals surface area contributed by atoms with Crippen molar-refractivity contribution in [2.75, 3.05) is 14.1 Å². The number of rotatable bonds is 8. The summed E-state index contributed by atoms with van der Waals surface area (Å²) in [5, 5.41) is 0. The summed E-state index contributed by atoms with van der Waals surface area (Å²) in [5.74, 6) is 0. The molecule has 0 spiro atoms. The molecule has 0 aromatic heterocycles. The predicted molar refractivity (Wildman–Crippen MR) is 61.3 cm³/mol. The Hall–Kier alpha value is -1.22. The number of hydrogen-bond acceptors (Lipinski definition) is 3. The molecule has 0 aliphatic rings. The lowest BCUT2D eigenvalue weighted by Gasteiger charge is -2.34. The van der Waals surface area contributed by atoms with Crippen LogP contribution in [0.2, 0.25) is 0 Å². The number of carbonyl (C=O) groups is 1. The Morgan fingerprint density at radius 1 is 1.33 bits per heavy atom. The van der Waals surface area contributed by atoms with Crippen LogP contribution in [-0.2, 0) is 9.59 Å². The first-order valence-electron chi connectivity index (χ1n) is 4.80. The second kappa shape index (κ2) is 6.30. The Morgan fingerprint density at radius 3 is 2.00 bits per heavy atom. The Kier molecular flexibility index (Phi) is 5.79. The summed E-state index contributed by atoms with van der Waals surface area (Å²) < 4.78 is 0. The molecular weight excluding hydrogens is 190 g/mol. The van der Waals surface area contributed by atoms with Crippen molar-refractivity contribution in [3.05, 3.63) is 25.3 Å². The molecule has 1 radical (unpaired) electrons. The van der Waals surface area contributed by atoms with E-state index in [1.807, 2.05) is 6.29 Å². The molecular formula is C12H18NO2. The molecule has 0 saturated carbocycles. The highest BCUT2D eigenvalue weighted by Crippen LogP contribution is 2.31. The van der Waals surface area contributed by atoms with E-state index >= 15 is 0 Å². The van der Waals surface area contributed by atoms with Crippen molar-refractivity contribution in [3.8, 4) is 0 Å². The van der Waals surface area contributed by atoms with Crippen LogP contribution in [0.5, 0.6) is 0 Å². The zero-order chi connectivity index (χ0) is 11.9. The van der Waals surface area contributed by atoms with E-state index in [0.717, 1.165) is 6.29 Å². The fourth-order valence-corrected chi connectivity index (χ4v) is 1.73. The zero-order valence-electron chi connectivity index (χ0n) is 9.40. The number of nitrogens with zero attached hydrogens (tertiary/aromatic N) is 1. The van der Waals surface area contributed by atoms with Gasteiger partial charge in [0.1, 0.15) is 6.29 Å². The summed E-state index contributed by atoms with van der Waals surface area (Å²) in [5.41, 5.74) is -0.852. The first kappa shape index (κ1) is 13.8. The monoisotopic (exact) mass is 208 g/mol. The molecule has 0 N–H and O–H groups in total. The van der Waals surface area contributed by atoms with Gasteiger partial charge in [-0.15, -0.1) is 13.2 Å². The normalized spacial score (nSPS) is 13.3. The topological polar surface area (TPSA) is 37.4 Å². The van der Waals surface area contributed by atoms with Crippen molar-refractivity contribution in [2.45, 2.75) is 18.9 Å². The van der Waals surface area contributed by atoms with E-state index in [1.54, 1.807) is 31.1 Å². The number of hydrogen-bond donors (Lipinski definition) is 0. The third kappa shape index (κ3) is 3.13. The second-order valence-electron chi connectivity index (χ2n) is 3.79. The highest BCUT2D eigenvalue weighted by atomic mass is 16.1. The highest BCUT2D eigenvalue weighted by Gasteiger charge is 2.38. The lowest BCUT2D eigenvalue weighted by molar-refractivity contribution is -0.114. The van der Waals surface area contributed by atoms with Gasteiger partial charge in [-0.1, -0.05) is 12.2 Å². The van der Waals surface area contributed by atoms with Crippen LogP contribution in [0.3, 0.4) is 0 Å². The molecule has 0 bridgehead atoms. The van der Waals surface area contributed by atoms with Gasteiger partial charge in [0.05, 0.1) is 11.5 Å². The van der Waals surface area contributed by atoms with Crippen molar-refractivity contribution < 1.29 is 9.59 Å². The maximum atomic E-state index is 11.1. The minimum absolute atomic E-state index is 0.421. The molecule has 0 aromatic rings. The van der Waals surface area contributed by atoms with Gasteiger partial charge in [0.25, 0.3) is 0 Å². The number of aldehydes is 1. The zero-order valence-corrected chi connectivity index (χ0v) is 9.40. The van der Waals surface area contributed by atoms with Crippen molar-refractivity contribution in [1.82, 2.24) is 4.90 Å². The van der Waals surface area contributed by atoms with Crippen LogP contribution in [0.1, 0.15) is 12.8 Å². The quantitative estimate of drug-likeness (QED) is 0.446. The minimum Gasteiger partial charge on any atom is -0.302 e. The van der Waals surface area contributed by atoms with Crippen LogP contribution >= 0.6 is 0 Å². The van der Waals surface area contributed by atoms with Gasteiger partial charge < -0.3 is 4.79 Å². The van der Waals surface area contributed by atoms with Gasteiger partial charge in [0.15, 0.2) is 0 Å². The van der Waals surface area contributed by atoms with Crippen molar-refractivity contribution >= 4 is 12.6 Å². The number of carbonyl (C=O) groups excluding carboxylic acids is 2. The maximum absolute atomic E-state index is 11.1. The summed E-state index contributed by atoms with van der Waals surface area (Å²) in [7, 11) is 3.52. The molecule has 0 heterocycles. The summed E-state index contributed by atoms with van der Waals surface area (Å²) in [6, 6.07) is -0.494. The molecule has 15 heavy (non-hydrogen) atoms. The molecule has 3 nitrogen and oxygen atoms in total. The second-order valence-corrected chi connectivity index (χ2v) is 3.79. The Balaban J connectivity index is 5.15. The first-order chi connectivity index (χ1) is 7.07. The van der Waals surface area contributed by atoms with Crippen molar-refractivity contribution in [3.63, 3.8) is 0 Å². The van der Waals surface area contributed by atoms with Gasteiger partial charge in [-0.25, -0.2) is 0 Å². The summed E-state index contributed by atoms with van der Waals surface area (Å²) in [6.07, 6.45) is 6.87. The summed E-state index contributed by atoms with van der Waals surface area (Å²) in [4.78, 5) is 23.8. The summed E-state index contributed by atoms with van der Waals surface area (Å²) in [6.45, 7) is 7.21. The van der Waals surface area contributed by atoms with Crippen LogP contribution in [0.25, 0.3) is 0 Å². The van der Waals surface area contributed by atoms with Crippen LogP contribution in [-0.4, -0.2) is 37.6 Å². The molecule has 0 aliphatic heterocycles. The van der Waals surface area contributed by atoms with Gasteiger partial charge in [-0.3, -0.25) is 9.69 Å². The van der Waals surface area contributed by atoms with Crippen LogP contribution in [0.15, 0.2) is 25.3 Å². The smallest absolute Gasteiger partial charge is 0.207 e. The molecule has 1 atom stereocenters. The molecule has 0 saturated heterocycles. The molecule has 0 amide bonds. The SMILES string of the molecule is C=CCC([C]=O)(CC=C)C(C=O)N(C)C. The van der Waals surface area contributed by atoms with E-state index in [2.05, 4.69) is 13.2 Å². The van der Waals surface area contributed by atoms with Gasteiger partial charge >= 0.3 is 0 Å². The third-order valence-electron chi connectivity index (χ3n) is 2.47. The molecule has 0 rings (SSSR count). The van der Waals surface area contributed by atoms with Crippen molar-refractivity contribution in [2.24, 2.45) is 5.41 Å². The maximum Gasteiger partial charge on any atom is 0.207 e. The van der Waals surface area contributed by atoms with Gasteiger partial charge in [-0.2, -0.15) is 0 Å². The lowest BCUT2D eigenvalue weighted by Crippen LogP contribution is -2.46. The molecule has 0 fully saturated rings. The highest BCUT2D eigenvalue weighted by molar-refractivity contribution is 5.73. The molecule has 83 valence electrons. The van der Waals surface area contributed by atoms with Crippen molar-refractivity contribution in [1.29, 1.82) is 0 Å². The third-order valence-corrected chi connectivity index (χ3v) is 2.47. The Morgan fingerprint density at radius 2 is 1.80 bits per heavy atom. The van der Waals surface area contributed by atoms with E-state index in [4.69, 9.17) is 0 Å². The van der Waals surface area contributed by atoms with Crippen LogP contribution < -0.4 is 0 Å². The van der Waals surface area contributed by atoms with E-state index in [1.165, 1.54) is 0 Å². The van der Waals surface area contributed by atoms with E-state index < -0.39 is 11.5 Å². The van der Waals surface area contributed by atoms with Crippen LogP contribution in [0.4, 0.5) is 0 Å². The van der Waals surface area contributed by atoms with Gasteiger partial charge in [0.2, 0.25) is 6.29 Å². The fraction of sp³-hybridized carbons (Fsp3) is 0.500. The van der Waals surface area contributed by atoms with E-state index in [-0.39, 0.29) is 0 Å². The Labute approximate surface area is 91.5 Å². The largest absolute Gasteiger partial charge is 0.302 e. The first-order valence-corrected chi connectivity index (χ1v) is 4.80. The molecule has 0 aromatic carbocycles. The average molecular weight is 208 g/mol. The molecule has 0 aliphatic carbocycles. The number of likely N-dealkylation sites (N-methyl/N-ethyl adjacent to an activating group) is 1. The standard InChI is InChI=1S/C12H18NO2/c1-5-7-12(10-15,8-6-2)11(9-14)13(3)4/h5-6,9,11H,1-2,7-8H2,3-4H3. The Bertz CT molecular complexity index is 236. The predicted octanol–water partition coefficient (Wildman–Crippen LogP) is 1.36. The van der Waals surface area contributed by atoms with Gasteiger partial charge in [0, 0.05) is 0 Å². The minimum atomic E-state index is -0.852. The molecule has 3 heteroatoms. The van der Waals surface area contributed by atoms with Crippen LogP contribution in [0, 0.1) is 5.41 Å². The summed E-state index contributed by atoms with van der Waals surface area (Å²) >= 11 is 0. The fourth-order valence-electron chi connectivity index (χ4n) is 1.73. The number of allylic oxidation sites excluding steroid dienone is 2. The molecule has 1 unspecified atom stereocenters.